The summed E-state index contributed by atoms with van der Waals surface area (Å²) in [6, 6.07) is 22.4. The van der Waals surface area contributed by atoms with Crippen LogP contribution in [0, 0.1) is 13.8 Å². The van der Waals surface area contributed by atoms with E-state index in [1.807, 2.05) is 63.4 Å². The Hall–Kier alpha value is -3.67. The topological polar surface area (TPSA) is 69.0 Å². The lowest BCUT2D eigenvalue weighted by atomic mass is 9.91. The fraction of sp³-hybridized carbons (Fsp3) is 0.240. The van der Waals surface area contributed by atoms with E-state index in [9.17, 15) is 4.79 Å². The molecule has 1 N–H and O–H groups in total. The average molecular weight is 415 g/mol. The molecule has 2 heterocycles. The van der Waals surface area contributed by atoms with Crippen molar-refractivity contribution in [2.75, 3.05) is 13.2 Å². The van der Waals surface area contributed by atoms with E-state index in [1.54, 1.807) is 4.68 Å². The minimum absolute atomic E-state index is 0.0662. The number of carbonyl (C=O) groups excluding carboxylic acids is 1. The lowest BCUT2D eigenvalue weighted by Gasteiger charge is -2.19. The van der Waals surface area contributed by atoms with E-state index >= 15 is 0 Å². The van der Waals surface area contributed by atoms with Crippen LogP contribution in [0.2, 0.25) is 0 Å². The van der Waals surface area contributed by atoms with Gasteiger partial charge >= 0.3 is 0 Å². The van der Waals surface area contributed by atoms with Crippen molar-refractivity contribution in [2.24, 2.45) is 7.05 Å². The van der Waals surface area contributed by atoms with Crippen LogP contribution < -0.4 is 10.1 Å². The van der Waals surface area contributed by atoms with E-state index in [1.165, 1.54) is 0 Å². The number of ether oxygens (including phenoxy) is 1. The number of aryl methyl sites for hydroxylation is 3. The highest BCUT2D eigenvalue weighted by atomic mass is 16.5. The number of aromatic nitrogens is 3. The highest BCUT2D eigenvalue weighted by Crippen LogP contribution is 2.27. The molecule has 0 atom stereocenters. The van der Waals surface area contributed by atoms with Gasteiger partial charge in [-0.25, -0.2) is 9.67 Å². The van der Waals surface area contributed by atoms with E-state index in [4.69, 9.17) is 4.74 Å². The summed E-state index contributed by atoms with van der Waals surface area (Å²) in [4.78, 5) is 17.1. The molecule has 0 saturated heterocycles. The fourth-order valence-electron chi connectivity index (χ4n) is 3.85. The molecule has 0 saturated carbocycles. The molecule has 158 valence electrons. The smallest absolute Gasteiger partial charge is 0.258 e. The van der Waals surface area contributed by atoms with Crippen molar-refractivity contribution >= 4 is 16.9 Å². The van der Waals surface area contributed by atoms with E-state index in [0.29, 0.717) is 12.4 Å². The molecule has 2 aromatic heterocycles. The Labute approximate surface area is 181 Å². The first kappa shape index (κ1) is 20.6. The molecule has 4 aromatic rings. The number of fused-ring (bicyclic) bond motifs is 1. The van der Waals surface area contributed by atoms with Crippen molar-refractivity contribution in [1.82, 2.24) is 20.1 Å². The van der Waals surface area contributed by atoms with Crippen molar-refractivity contribution in [1.29, 1.82) is 0 Å². The Morgan fingerprint density at radius 2 is 1.65 bits per heavy atom. The van der Waals surface area contributed by atoms with Crippen LogP contribution in [0.4, 0.5) is 0 Å². The molecule has 31 heavy (non-hydrogen) atoms. The van der Waals surface area contributed by atoms with Crippen molar-refractivity contribution in [2.45, 2.75) is 19.8 Å². The van der Waals surface area contributed by atoms with Crippen LogP contribution >= 0.6 is 0 Å². The second kappa shape index (κ2) is 9.00. The maximum atomic E-state index is 12.6. The first-order valence-electron chi connectivity index (χ1n) is 10.3. The maximum absolute atomic E-state index is 12.6. The second-order valence-corrected chi connectivity index (χ2v) is 7.67. The Kier molecular flexibility index (Phi) is 5.98. The highest BCUT2D eigenvalue weighted by molar-refractivity contribution is 5.85. The largest absolute Gasteiger partial charge is 0.466 e. The fourth-order valence-corrected chi connectivity index (χ4v) is 3.85. The second-order valence-electron chi connectivity index (χ2n) is 7.67. The molecule has 0 bridgehead atoms. The van der Waals surface area contributed by atoms with E-state index < -0.39 is 0 Å². The van der Waals surface area contributed by atoms with Gasteiger partial charge in [-0.2, -0.15) is 0 Å². The van der Waals surface area contributed by atoms with Gasteiger partial charge in [0.15, 0.2) is 12.3 Å². The molecule has 4 rings (SSSR count). The van der Waals surface area contributed by atoms with Crippen LogP contribution in [0.1, 0.15) is 28.3 Å². The summed E-state index contributed by atoms with van der Waals surface area (Å²) in [6.45, 7) is 4.33. The summed E-state index contributed by atoms with van der Waals surface area (Å²) in [7, 11) is 1.82. The molecule has 2 aromatic carbocycles. The lowest BCUT2D eigenvalue weighted by molar-refractivity contribution is -0.123. The van der Waals surface area contributed by atoms with Crippen LogP contribution in [0.25, 0.3) is 11.0 Å². The monoisotopic (exact) mass is 414 g/mol. The van der Waals surface area contributed by atoms with Crippen LogP contribution in [0.3, 0.4) is 0 Å². The first-order chi connectivity index (χ1) is 15.0. The van der Waals surface area contributed by atoms with Crippen LogP contribution in [-0.4, -0.2) is 33.8 Å². The average Bonchev–Trinajstić information content (AvgIpc) is 3.09. The van der Waals surface area contributed by atoms with Crippen LogP contribution in [-0.2, 0) is 11.8 Å². The van der Waals surface area contributed by atoms with Gasteiger partial charge in [0.1, 0.15) is 0 Å². The van der Waals surface area contributed by atoms with Crippen molar-refractivity contribution in [3.05, 3.63) is 89.1 Å². The molecule has 0 aliphatic rings. The van der Waals surface area contributed by atoms with E-state index in [0.717, 1.165) is 33.4 Å². The lowest BCUT2D eigenvalue weighted by Crippen LogP contribution is -2.32. The Bertz CT molecular complexity index is 1150. The zero-order valence-electron chi connectivity index (χ0n) is 18.0. The van der Waals surface area contributed by atoms with Gasteiger partial charge in [-0.1, -0.05) is 60.7 Å². The third-order valence-electron chi connectivity index (χ3n) is 5.33. The van der Waals surface area contributed by atoms with Gasteiger partial charge in [-0.05, 0) is 36.6 Å². The summed E-state index contributed by atoms with van der Waals surface area (Å²) in [5.74, 6) is 0.310. The van der Waals surface area contributed by atoms with Gasteiger partial charge in [0.25, 0.3) is 5.91 Å². The van der Waals surface area contributed by atoms with Crippen LogP contribution in [0.15, 0.2) is 66.7 Å². The summed E-state index contributed by atoms with van der Waals surface area (Å²) in [6.07, 6.45) is 0. The molecule has 0 spiro atoms. The number of hydrogen-bond donors (Lipinski definition) is 1. The SMILES string of the molecule is Cc1cc(C)c2c(OCC(=O)NCC(c3ccccc3)c3ccccc3)nn(C)c2n1. The molecule has 0 aliphatic carbocycles. The maximum Gasteiger partial charge on any atom is 0.258 e. The predicted octanol–water partition coefficient (Wildman–Crippen LogP) is 3.91. The standard InChI is InChI=1S/C25H26N4O2/c1-17-14-18(2)27-24-23(17)25(28-29(24)3)31-16-22(30)26-15-21(19-10-6-4-7-11-19)20-12-8-5-9-13-20/h4-14,21H,15-16H2,1-3H3,(H,26,30). The molecular weight excluding hydrogens is 388 g/mol. The molecule has 6 nitrogen and oxygen atoms in total. The van der Waals surface area contributed by atoms with Gasteiger partial charge < -0.3 is 10.1 Å². The Balaban J connectivity index is 1.45. The molecule has 6 heteroatoms. The number of pyridine rings is 1. The van der Waals surface area contributed by atoms with Crippen molar-refractivity contribution < 1.29 is 9.53 Å². The van der Waals surface area contributed by atoms with Crippen molar-refractivity contribution in [3.63, 3.8) is 0 Å². The minimum Gasteiger partial charge on any atom is -0.466 e. The summed E-state index contributed by atoms with van der Waals surface area (Å²) in [5, 5.41) is 8.26. The van der Waals surface area contributed by atoms with Gasteiger partial charge in [0.05, 0.1) is 5.39 Å². The van der Waals surface area contributed by atoms with Gasteiger partial charge in [0.2, 0.25) is 5.88 Å². The Morgan fingerprint density at radius 1 is 1.03 bits per heavy atom. The molecule has 0 fully saturated rings. The van der Waals surface area contributed by atoms with Crippen LogP contribution in [0.5, 0.6) is 5.88 Å². The summed E-state index contributed by atoms with van der Waals surface area (Å²) in [5.41, 5.74) is 5.01. The third kappa shape index (κ3) is 4.58. The van der Waals surface area contributed by atoms with E-state index in [2.05, 4.69) is 39.7 Å². The number of amides is 1. The zero-order chi connectivity index (χ0) is 21.8. The number of rotatable bonds is 7. The molecule has 0 aliphatic heterocycles. The van der Waals surface area contributed by atoms with E-state index in [-0.39, 0.29) is 18.4 Å². The molecule has 0 radical (unpaired) electrons. The quantitative estimate of drug-likeness (QED) is 0.498. The van der Waals surface area contributed by atoms with Crippen molar-refractivity contribution in [3.8, 4) is 5.88 Å². The number of nitrogens with one attached hydrogen (secondary N) is 1. The Morgan fingerprint density at radius 3 is 2.26 bits per heavy atom. The zero-order valence-corrected chi connectivity index (χ0v) is 18.0. The number of carbonyl (C=O) groups is 1. The number of hydrogen-bond acceptors (Lipinski definition) is 4. The molecule has 0 unspecified atom stereocenters. The predicted molar refractivity (Wildman–Crippen MR) is 121 cm³/mol. The third-order valence-corrected chi connectivity index (χ3v) is 5.33. The first-order valence-corrected chi connectivity index (χ1v) is 10.3. The molecule has 1 amide bonds. The normalized spacial score (nSPS) is 11.1. The minimum atomic E-state index is -0.187. The van der Waals surface area contributed by atoms with Gasteiger partial charge in [0, 0.05) is 25.2 Å². The van der Waals surface area contributed by atoms with Gasteiger partial charge in [-0.15, -0.1) is 5.10 Å². The molecular formula is C25H26N4O2. The number of benzene rings is 2. The summed E-state index contributed by atoms with van der Waals surface area (Å²) < 4.78 is 7.47. The summed E-state index contributed by atoms with van der Waals surface area (Å²) >= 11 is 0. The number of nitrogens with zero attached hydrogens (tertiary/aromatic N) is 3. The van der Waals surface area contributed by atoms with Gasteiger partial charge in [-0.3, -0.25) is 4.79 Å². The highest BCUT2D eigenvalue weighted by Gasteiger charge is 2.18.